The average molecular weight is 497 g/mol. The van der Waals surface area contributed by atoms with Crippen molar-refractivity contribution in [1.82, 2.24) is 4.98 Å². The standard InChI is InChI=1S/C23H17BrN2O4S/c24-14-6-4-13(5-7-14)19-12-31-23(25-19)26-21(27)11-29-15-8-9-17-16-2-1-3-18(16)22(28)30-20(17)10-15/h4-10,12H,1-3,11H2,(H,25,26,27). The zero-order chi connectivity index (χ0) is 21.4. The quantitative estimate of drug-likeness (QED) is 0.384. The van der Waals surface area contributed by atoms with E-state index in [2.05, 4.69) is 26.2 Å². The first kappa shape index (κ1) is 20.0. The molecule has 1 N–H and O–H groups in total. The van der Waals surface area contributed by atoms with Gasteiger partial charge in [0.1, 0.15) is 11.3 Å². The Hall–Kier alpha value is -2.97. The van der Waals surface area contributed by atoms with E-state index >= 15 is 0 Å². The summed E-state index contributed by atoms with van der Waals surface area (Å²) in [7, 11) is 0. The molecular formula is C23H17BrN2O4S. The molecule has 1 amide bonds. The first-order valence-corrected chi connectivity index (χ1v) is 11.5. The number of nitrogens with one attached hydrogen (secondary N) is 1. The number of carbonyl (C=O) groups is 1. The van der Waals surface area contributed by atoms with Gasteiger partial charge >= 0.3 is 5.63 Å². The second-order valence-corrected chi connectivity index (χ2v) is 9.01. The molecule has 1 aliphatic carbocycles. The summed E-state index contributed by atoms with van der Waals surface area (Å²) in [6, 6.07) is 13.2. The van der Waals surface area contributed by atoms with Gasteiger partial charge in [0.25, 0.3) is 5.91 Å². The van der Waals surface area contributed by atoms with E-state index in [4.69, 9.17) is 9.15 Å². The van der Waals surface area contributed by atoms with Gasteiger partial charge in [0.2, 0.25) is 0 Å². The SMILES string of the molecule is O=C(COc1ccc2c3c(c(=O)oc2c1)CCC3)Nc1nc(-c2ccc(Br)cc2)cs1. The highest BCUT2D eigenvalue weighted by atomic mass is 79.9. The normalized spacial score (nSPS) is 12.7. The lowest BCUT2D eigenvalue weighted by Gasteiger charge is -2.08. The van der Waals surface area contributed by atoms with Crippen molar-refractivity contribution < 1.29 is 13.9 Å². The number of fused-ring (bicyclic) bond motifs is 3. The highest BCUT2D eigenvalue weighted by molar-refractivity contribution is 9.10. The summed E-state index contributed by atoms with van der Waals surface area (Å²) in [5.74, 6) is 0.158. The molecule has 1 aliphatic rings. The maximum absolute atomic E-state index is 12.3. The van der Waals surface area contributed by atoms with Gasteiger partial charge in [-0.3, -0.25) is 10.1 Å². The van der Waals surface area contributed by atoms with E-state index in [-0.39, 0.29) is 18.1 Å². The van der Waals surface area contributed by atoms with Crippen LogP contribution in [0.4, 0.5) is 5.13 Å². The second-order valence-electron chi connectivity index (χ2n) is 7.24. The predicted octanol–water partition coefficient (Wildman–Crippen LogP) is 5.19. The molecule has 4 aromatic rings. The molecule has 156 valence electrons. The third-order valence-electron chi connectivity index (χ3n) is 5.21. The Morgan fingerprint density at radius 2 is 1.97 bits per heavy atom. The summed E-state index contributed by atoms with van der Waals surface area (Å²) in [5, 5.41) is 6.09. The highest BCUT2D eigenvalue weighted by Gasteiger charge is 2.19. The fourth-order valence-corrected chi connectivity index (χ4v) is 4.74. The molecule has 2 aromatic heterocycles. The van der Waals surface area contributed by atoms with Gasteiger partial charge in [0.05, 0.1) is 5.69 Å². The van der Waals surface area contributed by atoms with Gasteiger partial charge in [-0.25, -0.2) is 9.78 Å². The second kappa shape index (κ2) is 8.28. The van der Waals surface area contributed by atoms with Crippen molar-refractivity contribution >= 4 is 49.3 Å². The number of anilines is 1. The number of amides is 1. The van der Waals surface area contributed by atoms with Crippen molar-refractivity contribution in [2.75, 3.05) is 11.9 Å². The summed E-state index contributed by atoms with van der Waals surface area (Å²) in [5.41, 5.74) is 3.83. The summed E-state index contributed by atoms with van der Waals surface area (Å²) in [4.78, 5) is 28.9. The summed E-state index contributed by atoms with van der Waals surface area (Å²) in [6.07, 6.45) is 2.63. The molecule has 2 heterocycles. The smallest absolute Gasteiger partial charge is 0.339 e. The van der Waals surface area contributed by atoms with Crippen molar-refractivity contribution in [3.63, 3.8) is 0 Å². The molecule has 2 aromatic carbocycles. The Bertz CT molecular complexity index is 1340. The molecule has 0 radical (unpaired) electrons. The topological polar surface area (TPSA) is 81.4 Å². The van der Waals surface area contributed by atoms with Gasteiger partial charge < -0.3 is 9.15 Å². The number of halogens is 1. The molecule has 0 aliphatic heterocycles. The van der Waals surface area contributed by atoms with E-state index in [0.29, 0.717) is 16.5 Å². The Morgan fingerprint density at radius 1 is 1.16 bits per heavy atom. The summed E-state index contributed by atoms with van der Waals surface area (Å²) >= 11 is 4.77. The lowest BCUT2D eigenvalue weighted by molar-refractivity contribution is -0.118. The van der Waals surface area contributed by atoms with Crippen molar-refractivity contribution in [2.24, 2.45) is 0 Å². The molecule has 0 spiro atoms. The number of aryl methyl sites for hydroxylation is 1. The number of carbonyl (C=O) groups excluding carboxylic acids is 1. The molecule has 8 heteroatoms. The van der Waals surface area contributed by atoms with Crippen molar-refractivity contribution in [1.29, 1.82) is 0 Å². The fraction of sp³-hybridized carbons (Fsp3) is 0.174. The number of benzene rings is 2. The molecule has 0 bridgehead atoms. The Labute approximate surface area is 190 Å². The monoisotopic (exact) mass is 496 g/mol. The maximum atomic E-state index is 12.3. The van der Waals surface area contributed by atoms with Crippen molar-refractivity contribution in [2.45, 2.75) is 19.3 Å². The molecule has 0 unspecified atom stereocenters. The molecule has 31 heavy (non-hydrogen) atoms. The van der Waals surface area contributed by atoms with Crippen LogP contribution >= 0.6 is 27.3 Å². The molecule has 6 nitrogen and oxygen atoms in total. The van der Waals surface area contributed by atoms with E-state index in [0.717, 1.165) is 51.5 Å². The van der Waals surface area contributed by atoms with Gasteiger partial charge in [0.15, 0.2) is 11.7 Å². The largest absolute Gasteiger partial charge is 0.484 e. The van der Waals surface area contributed by atoms with Crippen LogP contribution in [0.25, 0.3) is 22.2 Å². The third kappa shape index (κ3) is 4.13. The molecule has 0 saturated carbocycles. The van der Waals surface area contributed by atoms with Gasteiger partial charge in [-0.15, -0.1) is 11.3 Å². The number of hydrogen-bond acceptors (Lipinski definition) is 6. The number of ether oxygens (including phenoxy) is 1. The Kier molecular flexibility index (Phi) is 5.33. The zero-order valence-electron chi connectivity index (χ0n) is 16.3. The number of aromatic nitrogens is 1. The number of rotatable bonds is 5. The Morgan fingerprint density at radius 3 is 2.81 bits per heavy atom. The third-order valence-corrected chi connectivity index (χ3v) is 6.49. The minimum absolute atomic E-state index is 0.173. The minimum atomic E-state index is -0.313. The van der Waals surface area contributed by atoms with Crippen LogP contribution in [0, 0.1) is 0 Å². The first-order valence-electron chi connectivity index (χ1n) is 9.79. The lowest BCUT2D eigenvalue weighted by Crippen LogP contribution is -2.20. The van der Waals surface area contributed by atoms with Gasteiger partial charge in [-0.1, -0.05) is 28.1 Å². The van der Waals surface area contributed by atoms with Crippen LogP contribution in [0.5, 0.6) is 5.75 Å². The van der Waals surface area contributed by atoms with E-state index < -0.39 is 0 Å². The molecule has 5 rings (SSSR count). The highest BCUT2D eigenvalue weighted by Crippen LogP contribution is 2.30. The van der Waals surface area contributed by atoms with Crippen LogP contribution in [0.1, 0.15) is 17.5 Å². The number of thiazole rings is 1. The average Bonchev–Trinajstić information content (AvgIpc) is 3.43. The maximum Gasteiger partial charge on any atom is 0.339 e. The van der Waals surface area contributed by atoms with Gasteiger partial charge in [-0.2, -0.15) is 0 Å². The fourth-order valence-electron chi connectivity index (χ4n) is 3.74. The molecule has 0 atom stereocenters. The molecule has 0 saturated heterocycles. The molecule has 0 fully saturated rings. The van der Waals surface area contributed by atoms with Crippen molar-refractivity contribution in [3.05, 3.63) is 73.9 Å². The van der Waals surface area contributed by atoms with E-state index in [1.165, 1.54) is 11.3 Å². The number of hydrogen-bond donors (Lipinski definition) is 1. The van der Waals surface area contributed by atoms with E-state index in [1.807, 2.05) is 35.7 Å². The van der Waals surface area contributed by atoms with E-state index in [1.54, 1.807) is 12.1 Å². The molecular weight excluding hydrogens is 480 g/mol. The first-order chi connectivity index (χ1) is 15.1. The van der Waals surface area contributed by atoms with Crippen LogP contribution in [-0.2, 0) is 17.6 Å². The number of nitrogens with zero attached hydrogens (tertiary/aromatic N) is 1. The van der Waals surface area contributed by atoms with Gasteiger partial charge in [0, 0.05) is 32.4 Å². The summed E-state index contributed by atoms with van der Waals surface area (Å²) < 4.78 is 12.1. The van der Waals surface area contributed by atoms with Crippen molar-refractivity contribution in [3.8, 4) is 17.0 Å². The van der Waals surface area contributed by atoms with Crippen LogP contribution in [0.15, 0.2) is 61.5 Å². The summed E-state index contributed by atoms with van der Waals surface area (Å²) in [6.45, 7) is -0.173. The predicted molar refractivity (Wildman–Crippen MR) is 124 cm³/mol. The lowest BCUT2D eigenvalue weighted by atomic mass is 10.1. The van der Waals surface area contributed by atoms with Gasteiger partial charge in [-0.05, 0) is 49.1 Å². The van der Waals surface area contributed by atoms with Crippen LogP contribution in [0.3, 0.4) is 0 Å². The van der Waals surface area contributed by atoms with Crippen LogP contribution in [-0.4, -0.2) is 17.5 Å². The van der Waals surface area contributed by atoms with Crippen LogP contribution in [0.2, 0.25) is 0 Å². The zero-order valence-corrected chi connectivity index (χ0v) is 18.7. The van der Waals surface area contributed by atoms with E-state index in [9.17, 15) is 9.59 Å². The van der Waals surface area contributed by atoms with Crippen LogP contribution < -0.4 is 15.7 Å². The Balaban J connectivity index is 1.25. The minimum Gasteiger partial charge on any atom is -0.484 e.